The zero-order valence-corrected chi connectivity index (χ0v) is 18.7. The first-order valence-corrected chi connectivity index (χ1v) is 10.0. The molecule has 2 rings (SSSR count). The van der Waals surface area contributed by atoms with Gasteiger partial charge in [0.15, 0.2) is 0 Å². The van der Waals surface area contributed by atoms with Gasteiger partial charge in [0.25, 0.3) is 0 Å². The van der Waals surface area contributed by atoms with Crippen LogP contribution >= 0.6 is 31.9 Å². The largest absolute Gasteiger partial charge is 0.0912 e. The molecule has 2 aromatic rings. The first kappa shape index (κ1) is 22.5. The summed E-state index contributed by atoms with van der Waals surface area (Å²) in [6.45, 7) is 0. The second-order valence-corrected chi connectivity index (χ2v) is 5.96. The fraction of sp³-hybridized carbons (Fsp3) is 0. The SMILES string of the molecule is Br[C]=C(C#CC#CC#CC#CC(=[C]Br)C#Cc1ccccc1)C#Cc1ccccc1. The molecule has 0 amide bonds. The van der Waals surface area contributed by atoms with Crippen LogP contribution in [0.4, 0.5) is 0 Å². The molecule has 0 spiro atoms. The van der Waals surface area contributed by atoms with Gasteiger partial charge in [-0.15, -0.1) is 0 Å². The van der Waals surface area contributed by atoms with Crippen LogP contribution < -0.4 is 0 Å². The molecule has 0 aliphatic rings. The summed E-state index contributed by atoms with van der Waals surface area (Å²) in [5, 5.41) is 0. The van der Waals surface area contributed by atoms with E-state index in [0.29, 0.717) is 11.1 Å². The third-order valence-electron chi connectivity index (χ3n) is 3.09. The summed E-state index contributed by atoms with van der Waals surface area (Å²) in [6, 6.07) is 19.3. The van der Waals surface area contributed by atoms with E-state index in [0.717, 1.165) is 11.1 Å². The highest BCUT2D eigenvalue weighted by atomic mass is 79.9. The van der Waals surface area contributed by atoms with E-state index in [2.05, 4.69) is 113 Å². The summed E-state index contributed by atoms with van der Waals surface area (Å²) in [4.78, 5) is 5.51. The molecule has 0 saturated heterocycles. The molecule has 0 aliphatic heterocycles. The van der Waals surface area contributed by atoms with Crippen LogP contribution in [0.1, 0.15) is 11.1 Å². The minimum atomic E-state index is 0.500. The maximum atomic E-state index is 3.13. The Morgan fingerprint density at radius 2 is 0.833 bits per heavy atom. The van der Waals surface area contributed by atoms with Gasteiger partial charge in [-0.05, 0) is 103 Å². The summed E-state index contributed by atoms with van der Waals surface area (Å²) >= 11 is 6.26. The minimum Gasteiger partial charge on any atom is -0.0622 e. The Morgan fingerprint density at radius 3 is 1.20 bits per heavy atom. The third-order valence-corrected chi connectivity index (χ3v) is 3.88. The minimum absolute atomic E-state index is 0.500. The van der Waals surface area contributed by atoms with Gasteiger partial charge in [-0.25, -0.2) is 0 Å². The quantitative estimate of drug-likeness (QED) is 0.428. The van der Waals surface area contributed by atoms with Crippen LogP contribution in [-0.4, -0.2) is 0 Å². The Bertz CT molecular complexity index is 1200. The molecule has 0 aromatic heterocycles. The van der Waals surface area contributed by atoms with E-state index >= 15 is 0 Å². The van der Waals surface area contributed by atoms with Gasteiger partial charge in [0.05, 0.1) is 21.1 Å². The van der Waals surface area contributed by atoms with Gasteiger partial charge in [-0.1, -0.05) is 60.1 Å². The van der Waals surface area contributed by atoms with Crippen molar-refractivity contribution in [3.8, 4) is 71.0 Å². The number of halogens is 2. The number of rotatable bonds is 0. The van der Waals surface area contributed by atoms with Crippen LogP contribution in [0, 0.1) is 81.0 Å². The Labute approximate surface area is 195 Å². The number of benzene rings is 2. The predicted molar refractivity (Wildman–Crippen MR) is 129 cm³/mol. The van der Waals surface area contributed by atoms with Crippen LogP contribution in [0.5, 0.6) is 0 Å². The second-order valence-electron chi connectivity index (χ2n) is 5.17. The summed E-state index contributed by atoms with van der Waals surface area (Å²) in [5.74, 6) is 33.3. The molecule has 0 N–H and O–H groups in total. The number of allylic oxidation sites excluding steroid dienone is 2. The van der Waals surface area contributed by atoms with Crippen LogP contribution in [0.3, 0.4) is 0 Å². The molecule has 2 aromatic carbocycles. The molecule has 30 heavy (non-hydrogen) atoms. The van der Waals surface area contributed by atoms with E-state index in [1.807, 2.05) is 60.7 Å². The molecule has 0 nitrogen and oxygen atoms in total. The summed E-state index contributed by atoms with van der Waals surface area (Å²) in [7, 11) is 0. The number of hydrogen-bond acceptors (Lipinski definition) is 0. The van der Waals surface area contributed by atoms with Crippen LogP contribution in [0.25, 0.3) is 0 Å². The highest BCUT2D eigenvalue weighted by Crippen LogP contribution is 1.99. The molecule has 0 atom stereocenters. The zero-order valence-electron chi connectivity index (χ0n) is 15.5. The Morgan fingerprint density at radius 1 is 0.467 bits per heavy atom. The van der Waals surface area contributed by atoms with Crippen LogP contribution in [-0.2, 0) is 0 Å². The van der Waals surface area contributed by atoms with Crippen molar-refractivity contribution in [2.24, 2.45) is 0 Å². The molecule has 0 heterocycles. The van der Waals surface area contributed by atoms with Gasteiger partial charge < -0.3 is 0 Å². The lowest BCUT2D eigenvalue weighted by molar-refractivity contribution is 1.65. The second kappa shape index (κ2) is 14.3. The Kier molecular flexibility index (Phi) is 10.7. The maximum Gasteiger partial charge on any atom is 0.0912 e. The van der Waals surface area contributed by atoms with Crippen molar-refractivity contribution >= 4 is 31.9 Å². The first-order valence-electron chi connectivity index (χ1n) is 8.45. The van der Waals surface area contributed by atoms with Gasteiger partial charge >= 0.3 is 0 Å². The van der Waals surface area contributed by atoms with Crippen molar-refractivity contribution in [2.45, 2.75) is 0 Å². The van der Waals surface area contributed by atoms with Crippen molar-refractivity contribution in [1.82, 2.24) is 0 Å². The van der Waals surface area contributed by atoms with E-state index < -0.39 is 0 Å². The fourth-order valence-electron chi connectivity index (χ4n) is 1.78. The smallest absolute Gasteiger partial charge is 0.0622 e. The summed E-state index contributed by atoms with van der Waals surface area (Å²) < 4.78 is 0. The standard InChI is InChI=1S/C28H10Br2/c29-23-27(21-19-25-13-9-5-10-14-25)17-7-3-1-2-4-8-18-28(24-30)22-20-26-15-11-6-12-16-26/h5-6,9-16H. The lowest BCUT2D eigenvalue weighted by Crippen LogP contribution is -1.74. The van der Waals surface area contributed by atoms with Gasteiger partial charge in [-0.2, -0.15) is 0 Å². The van der Waals surface area contributed by atoms with E-state index in [4.69, 9.17) is 0 Å². The first-order chi connectivity index (χ1) is 14.8. The molecular weight excluding hydrogens is 496 g/mol. The lowest BCUT2D eigenvalue weighted by atomic mass is 10.2. The molecule has 0 saturated carbocycles. The van der Waals surface area contributed by atoms with E-state index in [-0.39, 0.29) is 0 Å². The zero-order chi connectivity index (χ0) is 21.3. The fourth-order valence-corrected chi connectivity index (χ4v) is 2.18. The topological polar surface area (TPSA) is 0 Å². The molecule has 0 bridgehead atoms. The van der Waals surface area contributed by atoms with Gasteiger partial charge in [0, 0.05) is 11.1 Å². The maximum absolute atomic E-state index is 3.13. The van der Waals surface area contributed by atoms with E-state index in [1.165, 1.54) is 0 Å². The lowest BCUT2D eigenvalue weighted by Gasteiger charge is -1.86. The summed E-state index contributed by atoms with van der Waals surface area (Å²) in [5.41, 5.74) is 2.80. The molecule has 136 valence electrons. The monoisotopic (exact) mass is 504 g/mol. The Balaban J connectivity index is 1.95. The number of hydrogen-bond donors (Lipinski definition) is 0. The van der Waals surface area contributed by atoms with E-state index in [1.54, 1.807) is 0 Å². The van der Waals surface area contributed by atoms with Crippen molar-refractivity contribution in [1.29, 1.82) is 0 Å². The molecule has 0 unspecified atom stereocenters. The van der Waals surface area contributed by atoms with Gasteiger partial charge in [0.2, 0.25) is 0 Å². The third kappa shape index (κ3) is 9.44. The van der Waals surface area contributed by atoms with Gasteiger partial charge in [0.1, 0.15) is 0 Å². The normalized spacial score (nSPS) is 9.13. The van der Waals surface area contributed by atoms with Crippen molar-refractivity contribution < 1.29 is 0 Å². The Hall–Kier alpha value is -3.76. The van der Waals surface area contributed by atoms with Crippen LogP contribution in [0.15, 0.2) is 71.8 Å². The highest BCUT2D eigenvalue weighted by Gasteiger charge is 1.86. The average molecular weight is 506 g/mol. The highest BCUT2D eigenvalue weighted by molar-refractivity contribution is 9.10. The van der Waals surface area contributed by atoms with E-state index in [9.17, 15) is 0 Å². The molecular formula is C28H10Br2. The average Bonchev–Trinajstić information content (AvgIpc) is 2.80. The molecule has 2 heteroatoms. The van der Waals surface area contributed by atoms with Crippen molar-refractivity contribution in [2.75, 3.05) is 0 Å². The van der Waals surface area contributed by atoms with Crippen LogP contribution in [0.2, 0.25) is 0 Å². The van der Waals surface area contributed by atoms with Gasteiger partial charge in [-0.3, -0.25) is 0 Å². The molecule has 2 radical (unpaired) electrons. The summed E-state index contributed by atoms with van der Waals surface area (Å²) in [6.07, 6.45) is 0. The molecule has 0 aliphatic carbocycles. The van der Waals surface area contributed by atoms with Crippen molar-refractivity contribution in [3.63, 3.8) is 0 Å². The molecule has 0 fully saturated rings. The van der Waals surface area contributed by atoms with Crippen molar-refractivity contribution in [3.05, 3.63) is 92.9 Å². The predicted octanol–water partition coefficient (Wildman–Crippen LogP) is 5.27.